The lowest BCUT2D eigenvalue weighted by molar-refractivity contribution is -0.917. The number of hydrogen-bond acceptors (Lipinski definition) is 2. The van der Waals surface area contributed by atoms with E-state index in [4.69, 9.17) is 11.6 Å². The van der Waals surface area contributed by atoms with Crippen LogP contribution < -0.4 is 4.90 Å². The number of nitrogens with one attached hydrogen (secondary N) is 1. The molecule has 0 atom stereocenters. The largest absolute Gasteiger partial charge is 0.328 e. The molecule has 1 aromatic heterocycles. The Bertz CT molecular complexity index is 710. The molecule has 122 valence electrons. The Morgan fingerprint density at radius 3 is 2.70 bits per heavy atom. The molecule has 7 heteroatoms. The van der Waals surface area contributed by atoms with Crippen molar-refractivity contribution in [1.29, 1.82) is 0 Å². The topological polar surface area (TPSA) is 42.6 Å². The van der Waals surface area contributed by atoms with E-state index in [9.17, 15) is 9.18 Å². The zero-order valence-electron chi connectivity index (χ0n) is 12.9. The molecule has 0 spiro atoms. The van der Waals surface area contributed by atoms with Gasteiger partial charge in [-0.1, -0.05) is 11.6 Å². The number of rotatable bonds is 3. The Kier molecular flexibility index (Phi) is 4.63. The maximum atomic E-state index is 13.1. The highest BCUT2D eigenvalue weighted by atomic mass is 35.5. The zero-order valence-corrected chi connectivity index (χ0v) is 13.7. The van der Waals surface area contributed by atoms with Crippen molar-refractivity contribution < 1.29 is 14.1 Å². The highest BCUT2D eigenvalue weighted by molar-refractivity contribution is 6.31. The number of nitrogens with zero attached hydrogens (tertiary/aromatic N) is 3. The molecule has 0 bridgehead atoms. The van der Waals surface area contributed by atoms with Crippen LogP contribution in [0.1, 0.15) is 16.1 Å². The minimum absolute atomic E-state index is 0.0175. The van der Waals surface area contributed by atoms with Crippen LogP contribution in [0.2, 0.25) is 5.02 Å². The molecule has 1 fully saturated rings. The van der Waals surface area contributed by atoms with Gasteiger partial charge in [0.25, 0.3) is 5.91 Å². The summed E-state index contributed by atoms with van der Waals surface area (Å²) < 4.78 is 14.7. The number of hydrogen-bond donors (Lipinski definition) is 1. The Balaban J connectivity index is 1.58. The summed E-state index contributed by atoms with van der Waals surface area (Å²) in [5.74, 6) is -0.302. The molecule has 3 rings (SSSR count). The van der Waals surface area contributed by atoms with Gasteiger partial charge >= 0.3 is 0 Å². The van der Waals surface area contributed by atoms with Crippen LogP contribution in [-0.4, -0.2) is 46.8 Å². The predicted molar refractivity (Wildman–Crippen MR) is 84.9 cm³/mol. The Morgan fingerprint density at radius 1 is 1.35 bits per heavy atom. The summed E-state index contributed by atoms with van der Waals surface area (Å²) in [4.78, 5) is 15.6. The van der Waals surface area contributed by atoms with E-state index in [1.165, 1.54) is 17.0 Å². The Hall–Kier alpha value is -1.92. The standard InChI is InChI=1S/C16H18ClFN4O/c1-20-15(4-5-19-20)16(23)22-8-6-21(7-9-22)11-12-2-3-13(18)10-14(12)17/h2-5,10H,6-9,11H2,1H3/p+1. The minimum atomic E-state index is -0.319. The second kappa shape index (κ2) is 6.68. The number of piperazine rings is 1. The second-order valence-electron chi connectivity index (χ2n) is 5.79. The van der Waals surface area contributed by atoms with Gasteiger partial charge in [0.2, 0.25) is 0 Å². The number of carbonyl (C=O) groups excluding carboxylic acids is 1. The molecule has 0 unspecified atom stereocenters. The summed E-state index contributed by atoms with van der Waals surface area (Å²) in [6, 6.07) is 6.25. The molecule has 23 heavy (non-hydrogen) atoms. The summed E-state index contributed by atoms with van der Waals surface area (Å²) in [6.07, 6.45) is 1.63. The number of aromatic nitrogens is 2. The minimum Gasteiger partial charge on any atom is -0.328 e. The summed E-state index contributed by atoms with van der Waals surface area (Å²) in [5.41, 5.74) is 1.55. The van der Waals surface area contributed by atoms with Gasteiger partial charge in [-0.15, -0.1) is 0 Å². The maximum Gasteiger partial charge on any atom is 0.272 e. The molecule has 0 saturated carbocycles. The summed E-state index contributed by atoms with van der Waals surface area (Å²) in [5, 5.41) is 4.50. The Labute approximate surface area is 139 Å². The molecule has 0 aliphatic carbocycles. The third-order valence-corrected chi connectivity index (χ3v) is 4.61. The number of benzene rings is 1. The molecule has 5 nitrogen and oxygen atoms in total. The van der Waals surface area contributed by atoms with Crippen molar-refractivity contribution in [3.63, 3.8) is 0 Å². The average Bonchev–Trinajstić information content (AvgIpc) is 2.96. The van der Waals surface area contributed by atoms with Gasteiger partial charge in [-0.05, 0) is 24.3 Å². The average molecular weight is 338 g/mol. The van der Waals surface area contributed by atoms with Crippen LogP contribution in [0.15, 0.2) is 30.5 Å². The first kappa shape index (κ1) is 16.0. The first-order chi connectivity index (χ1) is 11.0. The van der Waals surface area contributed by atoms with Crippen LogP contribution in [-0.2, 0) is 13.6 Å². The third-order valence-electron chi connectivity index (χ3n) is 4.25. The number of amides is 1. The summed E-state index contributed by atoms with van der Waals surface area (Å²) in [6.45, 7) is 3.82. The van der Waals surface area contributed by atoms with Gasteiger partial charge in [0, 0.05) is 18.8 Å². The normalized spacial score (nSPS) is 15.9. The SMILES string of the molecule is Cn1nccc1C(=O)N1CC[NH+](Cc2ccc(F)cc2Cl)CC1. The number of quaternary nitrogens is 1. The quantitative estimate of drug-likeness (QED) is 0.898. The van der Waals surface area contributed by atoms with Crippen LogP contribution in [0.4, 0.5) is 4.39 Å². The van der Waals surface area contributed by atoms with Crippen molar-refractivity contribution in [1.82, 2.24) is 14.7 Å². The zero-order chi connectivity index (χ0) is 16.4. The fourth-order valence-corrected chi connectivity index (χ4v) is 3.12. The predicted octanol–water partition coefficient (Wildman–Crippen LogP) is 0.754. The van der Waals surface area contributed by atoms with E-state index in [1.54, 1.807) is 30.1 Å². The second-order valence-corrected chi connectivity index (χ2v) is 6.20. The van der Waals surface area contributed by atoms with Gasteiger partial charge in [-0.2, -0.15) is 5.10 Å². The first-order valence-corrected chi connectivity index (χ1v) is 7.97. The van der Waals surface area contributed by atoms with E-state index in [0.29, 0.717) is 23.8 Å². The number of aryl methyl sites for hydroxylation is 1. The van der Waals surface area contributed by atoms with E-state index in [-0.39, 0.29) is 11.7 Å². The van der Waals surface area contributed by atoms with Gasteiger partial charge in [-0.25, -0.2) is 4.39 Å². The molecule has 2 heterocycles. The van der Waals surface area contributed by atoms with Gasteiger partial charge in [-0.3, -0.25) is 9.48 Å². The van der Waals surface area contributed by atoms with Crippen molar-refractivity contribution >= 4 is 17.5 Å². The van der Waals surface area contributed by atoms with Gasteiger partial charge in [0.05, 0.1) is 31.2 Å². The van der Waals surface area contributed by atoms with Gasteiger partial charge < -0.3 is 9.80 Å². The van der Waals surface area contributed by atoms with E-state index in [0.717, 1.165) is 25.2 Å². The number of halogens is 2. The fourth-order valence-electron chi connectivity index (χ4n) is 2.88. The molecule has 1 saturated heterocycles. The highest BCUT2D eigenvalue weighted by Crippen LogP contribution is 2.16. The molecule has 2 aromatic rings. The maximum absolute atomic E-state index is 13.1. The van der Waals surface area contributed by atoms with E-state index < -0.39 is 0 Å². The van der Waals surface area contributed by atoms with Crippen LogP contribution in [0, 0.1) is 5.82 Å². The van der Waals surface area contributed by atoms with Crippen LogP contribution in [0.25, 0.3) is 0 Å². The van der Waals surface area contributed by atoms with Gasteiger partial charge in [0.15, 0.2) is 0 Å². The van der Waals surface area contributed by atoms with E-state index >= 15 is 0 Å². The highest BCUT2D eigenvalue weighted by Gasteiger charge is 2.26. The summed E-state index contributed by atoms with van der Waals surface area (Å²) in [7, 11) is 1.77. The van der Waals surface area contributed by atoms with Gasteiger partial charge in [0.1, 0.15) is 18.1 Å². The Morgan fingerprint density at radius 2 is 2.09 bits per heavy atom. The molecule has 1 amide bonds. The van der Waals surface area contributed by atoms with E-state index in [2.05, 4.69) is 5.10 Å². The van der Waals surface area contributed by atoms with Crippen LogP contribution in [0.5, 0.6) is 0 Å². The van der Waals surface area contributed by atoms with Crippen molar-refractivity contribution in [2.24, 2.45) is 7.05 Å². The van der Waals surface area contributed by atoms with Crippen molar-refractivity contribution in [3.8, 4) is 0 Å². The van der Waals surface area contributed by atoms with E-state index in [1.807, 2.05) is 4.90 Å². The van der Waals surface area contributed by atoms with Crippen molar-refractivity contribution in [2.45, 2.75) is 6.54 Å². The molecular weight excluding hydrogens is 319 g/mol. The first-order valence-electron chi connectivity index (χ1n) is 7.59. The molecule has 1 aromatic carbocycles. The van der Waals surface area contributed by atoms with Crippen molar-refractivity contribution in [3.05, 3.63) is 52.6 Å². The molecular formula is C16H19ClFN4O+. The third kappa shape index (κ3) is 3.54. The summed E-state index contributed by atoms with van der Waals surface area (Å²) >= 11 is 6.09. The molecule has 0 radical (unpaired) electrons. The van der Waals surface area contributed by atoms with Crippen LogP contribution in [0.3, 0.4) is 0 Å². The lowest BCUT2D eigenvalue weighted by Gasteiger charge is -2.32. The van der Waals surface area contributed by atoms with Crippen molar-refractivity contribution in [2.75, 3.05) is 26.2 Å². The lowest BCUT2D eigenvalue weighted by atomic mass is 10.2. The molecule has 1 aliphatic rings. The fraction of sp³-hybridized carbons (Fsp3) is 0.375. The monoisotopic (exact) mass is 337 g/mol. The molecule has 1 N–H and O–H groups in total. The lowest BCUT2D eigenvalue weighted by Crippen LogP contribution is -3.13. The smallest absolute Gasteiger partial charge is 0.272 e. The van der Waals surface area contributed by atoms with Crippen LogP contribution >= 0.6 is 11.6 Å². The molecule has 1 aliphatic heterocycles. The number of carbonyl (C=O) groups is 1.